The van der Waals surface area contributed by atoms with E-state index in [1.54, 1.807) is 0 Å². The Hall–Kier alpha value is -4.52. The van der Waals surface area contributed by atoms with Gasteiger partial charge in [-0.25, -0.2) is 4.99 Å². The van der Waals surface area contributed by atoms with E-state index >= 15 is 0 Å². The Morgan fingerprint density at radius 2 is 1.02 bits per heavy atom. The first-order chi connectivity index (χ1) is 30.1. The monoisotopic (exact) mass is 1050 g/mol. The molecule has 0 spiro atoms. The van der Waals surface area contributed by atoms with Crippen molar-refractivity contribution in [1.82, 2.24) is 20.2 Å². The summed E-state index contributed by atoms with van der Waals surface area (Å²) < 4.78 is 161. The van der Waals surface area contributed by atoms with Gasteiger partial charge in [0.25, 0.3) is 17.0 Å². The van der Waals surface area contributed by atoms with Crippen LogP contribution in [0.25, 0.3) is 21.7 Å². The Morgan fingerprint density at radius 3 is 1.36 bits per heavy atom. The molecule has 0 N–H and O–H groups in total. The van der Waals surface area contributed by atoms with E-state index in [9.17, 15) is 52.7 Å². The Labute approximate surface area is 408 Å². The first-order valence-corrected chi connectivity index (χ1v) is 19.0. The van der Waals surface area contributed by atoms with Gasteiger partial charge in [-0.1, -0.05) is 92.6 Å². The van der Waals surface area contributed by atoms with Gasteiger partial charge >= 0.3 is 54.3 Å². The molecule has 7 rings (SSSR count). The van der Waals surface area contributed by atoms with Crippen LogP contribution in [0.2, 0.25) is 20.1 Å². The number of benzene rings is 4. The molecule has 1 aromatic heterocycles. The van der Waals surface area contributed by atoms with Gasteiger partial charge in [-0.15, -0.1) is 5.10 Å². The molecule has 4 aromatic carbocycles. The fraction of sp³-hybridized carbons (Fsp3) is 0.222. The van der Waals surface area contributed by atoms with E-state index in [4.69, 9.17) is 78.7 Å². The SMILES string of the molecule is FC(F)(F)C(Cl)=Nc1ccc(C2=NOC(c3cc(Cl)cc(Cl)c3)(C(F)(F)F)C2)cc1.FC(F)(F)c1nnnn1-c1ccc(C2=NOC(c3cc(Cl)cc(Cl)c3)(C(F)(F)F)C2)cc1.[N-]=[N+]=[N-].[Na+]. The molecular formula is C36H18Cl5F12N10NaO2. The van der Waals surface area contributed by atoms with Crippen molar-refractivity contribution >= 4 is 80.3 Å². The quantitative estimate of drug-likeness (QED) is 0.0413. The van der Waals surface area contributed by atoms with Gasteiger partial charge in [-0.05, 0) is 82.2 Å². The van der Waals surface area contributed by atoms with Crippen molar-refractivity contribution in [1.29, 1.82) is 0 Å². The molecule has 12 nitrogen and oxygen atoms in total. The molecule has 0 saturated carbocycles. The predicted molar refractivity (Wildman–Crippen MR) is 213 cm³/mol. The maximum atomic E-state index is 14.0. The van der Waals surface area contributed by atoms with Gasteiger partial charge in [0, 0.05) is 44.1 Å². The van der Waals surface area contributed by atoms with Crippen LogP contribution in [-0.4, -0.2) is 55.3 Å². The molecule has 66 heavy (non-hydrogen) atoms. The Balaban J connectivity index is 0.000000269. The number of hydrogen-bond donors (Lipinski definition) is 0. The average molecular weight is 1050 g/mol. The third-order valence-corrected chi connectivity index (χ3v) is 10.0. The average Bonchev–Trinajstić information content (AvgIpc) is 3.98. The van der Waals surface area contributed by atoms with E-state index < -0.39 is 59.7 Å². The van der Waals surface area contributed by atoms with Crippen LogP contribution in [0.3, 0.4) is 0 Å². The fourth-order valence-corrected chi connectivity index (χ4v) is 7.08. The summed E-state index contributed by atoms with van der Waals surface area (Å²) in [5.74, 6) is -1.35. The van der Waals surface area contributed by atoms with E-state index in [0.29, 0.717) is 4.68 Å². The summed E-state index contributed by atoms with van der Waals surface area (Å²) in [5.41, 5.74) is 7.29. The van der Waals surface area contributed by atoms with Gasteiger partial charge in [-0.2, -0.15) is 57.4 Å². The third-order valence-electron chi connectivity index (χ3n) is 8.86. The zero-order chi connectivity index (χ0) is 48.3. The molecular weight excluding hydrogens is 1030 g/mol. The Bertz CT molecular complexity index is 2630. The summed E-state index contributed by atoms with van der Waals surface area (Å²) >= 11 is 28.5. The Morgan fingerprint density at radius 1 is 0.636 bits per heavy atom. The maximum absolute atomic E-state index is 14.0. The molecule has 0 fully saturated rings. The van der Waals surface area contributed by atoms with Crippen LogP contribution in [0.1, 0.15) is 40.9 Å². The molecule has 0 saturated heterocycles. The summed E-state index contributed by atoms with van der Waals surface area (Å²) in [7, 11) is 0. The number of hydrogen-bond acceptors (Lipinski definition) is 8. The second kappa shape index (κ2) is 20.8. The number of oxime groups is 2. The van der Waals surface area contributed by atoms with Crippen LogP contribution >= 0.6 is 58.0 Å². The van der Waals surface area contributed by atoms with Crippen molar-refractivity contribution in [3.63, 3.8) is 0 Å². The van der Waals surface area contributed by atoms with Gasteiger partial charge in [0.05, 0.1) is 22.8 Å². The molecule has 30 heteroatoms. The largest absolute Gasteiger partial charge is 1.00 e. The van der Waals surface area contributed by atoms with E-state index in [0.717, 1.165) is 36.4 Å². The first-order valence-electron chi connectivity index (χ1n) is 17.1. The summed E-state index contributed by atoms with van der Waals surface area (Å²) in [6.07, 6.45) is -20.7. The fourth-order valence-electron chi connectivity index (χ4n) is 5.93. The third kappa shape index (κ3) is 12.1. The molecule has 0 amide bonds. The minimum Gasteiger partial charge on any atom is -0.374 e. The van der Waals surface area contributed by atoms with Gasteiger partial charge in [0.1, 0.15) is 0 Å². The summed E-state index contributed by atoms with van der Waals surface area (Å²) in [6.45, 7) is 0. The minimum absolute atomic E-state index is 0. The predicted octanol–water partition coefficient (Wildman–Crippen LogP) is 10.8. The van der Waals surface area contributed by atoms with E-state index in [-0.39, 0.29) is 94.7 Å². The van der Waals surface area contributed by atoms with Crippen LogP contribution in [0.15, 0.2) is 100 Å². The van der Waals surface area contributed by atoms with Crippen LogP contribution in [0.5, 0.6) is 0 Å². The van der Waals surface area contributed by atoms with Crippen molar-refractivity contribution in [3.05, 3.63) is 149 Å². The van der Waals surface area contributed by atoms with Crippen LogP contribution in [0.4, 0.5) is 58.4 Å². The molecule has 5 aromatic rings. The summed E-state index contributed by atoms with van der Waals surface area (Å²) in [4.78, 5) is 14.5. The zero-order valence-corrected chi connectivity index (χ0v) is 38.0. The number of aromatic nitrogens is 4. The molecule has 0 radical (unpaired) electrons. The maximum Gasteiger partial charge on any atom is 1.00 e. The minimum atomic E-state index is -4.87. The van der Waals surface area contributed by atoms with E-state index in [1.165, 1.54) is 53.4 Å². The molecule has 2 aliphatic rings. The van der Waals surface area contributed by atoms with Gasteiger partial charge in [-0.3, -0.25) is 4.91 Å². The molecule has 0 bridgehead atoms. The second-order valence-electron chi connectivity index (χ2n) is 13.1. The molecule has 2 atom stereocenters. The Kier molecular flexibility index (Phi) is 17.0. The summed E-state index contributed by atoms with van der Waals surface area (Å²) in [6, 6.07) is 16.7. The number of alkyl halides is 12. The topological polar surface area (TPSA) is 158 Å². The standard InChI is InChI=1S/C18H9Cl3F6N2O.C18H9Cl2F6N5O.N3.Na/c19-11-5-10(6-12(20)7-11)16(18(25,26)27)8-14(29-30-16)9-1-3-13(4-2-9)28-15(21)17(22,23)24;19-11-5-10(6-12(20)7-11)16(18(24,25)26)8-14(28-32-16)9-1-3-13(4-2-9)31-15(17(21,22)23)27-29-30-31;1-3-2;/h1-7H,8H2;1-7H,8H2;;/q;;-1;+1. The van der Waals surface area contributed by atoms with Crippen LogP contribution in [-0.2, 0) is 27.1 Å². The van der Waals surface area contributed by atoms with E-state index in [1.807, 2.05) is 0 Å². The van der Waals surface area contributed by atoms with Gasteiger partial charge < -0.3 is 20.7 Å². The molecule has 3 heterocycles. The van der Waals surface area contributed by atoms with Crippen molar-refractivity contribution in [2.24, 2.45) is 15.3 Å². The molecule has 2 unspecified atom stereocenters. The number of nitrogens with zero attached hydrogens (tertiary/aromatic N) is 10. The number of tetrazole rings is 1. The van der Waals surface area contributed by atoms with E-state index in [2.05, 4.69) is 30.8 Å². The number of halogens is 17. The first kappa shape index (κ1) is 54.1. The smallest absolute Gasteiger partial charge is 0.374 e. The van der Waals surface area contributed by atoms with Crippen LogP contribution in [0, 0.1) is 0 Å². The molecule has 0 aliphatic carbocycles. The van der Waals surface area contributed by atoms with Gasteiger partial charge in [0.15, 0.2) is 0 Å². The molecule has 344 valence electrons. The number of rotatable bonds is 6. The van der Waals surface area contributed by atoms with Crippen molar-refractivity contribution in [3.8, 4) is 5.69 Å². The van der Waals surface area contributed by atoms with Gasteiger partial charge in [0.2, 0.25) is 5.17 Å². The second-order valence-corrected chi connectivity index (χ2v) is 15.2. The summed E-state index contributed by atoms with van der Waals surface area (Å²) in [5, 5.41) is 14.8. The zero-order valence-electron chi connectivity index (χ0n) is 32.2. The molecule has 2 aliphatic heterocycles. The van der Waals surface area contributed by atoms with Crippen molar-refractivity contribution in [2.45, 2.75) is 48.7 Å². The van der Waals surface area contributed by atoms with Crippen molar-refractivity contribution in [2.75, 3.05) is 0 Å². The normalized spacial score (nSPS) is 18.5. The van der Waals surface area contributed by atoms with Crippen molar-refractivity contribution < 1.29 is 91.9 Å². The number of aliphatic imine (C=N–C) groups is 1. The van der Waals surface area contributed by atoms with Crippen LogP contribution < -0.4 is 29.6 Å².